The van der Waals surface area contributed by atoms with Gasteiger partial charge in [0.25, 0.3) is 0 Å². The molecule has 1 heteroatoms. The molecule has 0 heterocycles. The molecule has 0 aliphatic heterocycles. The first-order valence-electron chi connectivity index (χ1n) is 8.34. The molecule has 0 aromatic heterocycles. The molecule has 0 spiro atoms. The van der Waals surface area contributed by atoms with Crippen molar-refractivity contribution >= 4 is 5.78 Å². The summed E-state index contributed by atoms with van der Waals surface area (Å²) in [6, 6.07) is 8.62. The molecule has 0 N–H and O–H groups in total. The van der Waals surface area contributed by atoms with Crippen LogP contribution in [0.15, 0.2) is 24.3 Å². The van der Waals surface area contributed by atoms with Gasteiger partial charge in [0.15, 0.2) is 0 Å². The fourth-order valence-corrected chi connectivity index (χ4v) is 3.37. The molecule has 0 saturated heterocycles. The fraction of sp³-hybridized carbons (Fsp3) is 0.632. The van der Waals surface area contributed by atoms with E-state index < -0.39 is 0 Å². The number of ketones is 1. The smallest absolute Gasteiger partial charge is 0.136 e. The predicted octanol–water partition coefficient (Wildman–Crippen LogP) is 4.97. The van der Waals surface area contributed by atoms with Gasteiger partial charge in [-0.25, -0.2) is 0 Å². The van der Waals surface area contributed by atoms with Gasteiger partial charge in [0, 0.05) is 12.3 Å². The van der Waals surface area contributed by atoms with E-state index in [-0.39, 0.29) is 5.92 Å². The van der Waals surface area contributed by atoms with Crippen molar-refractivity contribution in [3.8, 4) is 0 Å². The van der Waals surface area contributed by atoms with Crippen LogP contribution in [0.2, 0.25) is 0 Å². The van der Waals surface area contributed by atoms with Gasteiger partial charge in [-0.15, -0.1) is 0 Å². The average Bonchev–Trinajstić information content (AvgIpc) is 2.50. The Labute approximate surface area is 123 Å². The summed E-state index contributed by atoms with van der Waals surface area (Å²) in [6.07, 6.45) is 8.79. The standard InChI is InChI=1S/C19H28O/c1-3-5-8-15(4-2)13-19(20)18-12-11-16-9-6-7-10-17(16)14-18/h6-7,9-10,15,18H,3-5,8,11-14H2,1-2H3. The Kier molecular flexibility index (Phi) is 5.82. The molecule has 2 unspecified atom stereocenters. The molecular weight excluding hydrogens is 244 g/mol. The third kappa shape index (κ3) is 3.94. The topological polar surface area (TPSA) is 17.1 Å². The second-order valence-corrected chi connectivity index (χ2v) is 6.30. The number of fused-ring (bicyclic) bond motifs is 1. The fourth-order valence-electron chi connectivity index (χ4n) is 3.37. The first-order valence-corrected chi connectivity index (χ1v) is 8.34. The lowest BCUT2D eigenvalue weighted by atomic mass is 9.79. The zero-order chi connectivity index (χ0) is 14.4. The van der Waals surface area contributed by atoms with E-state index in [0.29, 0.717) is 11.7 Å². The van der Waals surface area contributed by atoms with Gasteiger partial charge in [-0.1, -0.05) is 63.8 Å². The molecular formula is C19H28O. The highest BCUT2D eigenvalue weighted by Gasteiger charge is 2.25. The molecule has 0 fully saturated rings. The number of hydrogen-bond acceptors (Lipinski definition) is 1. The molecule has 20 heavy (non-hydrogen) atoms. The summed E-state index contributed by atoms with van der Waals surface area (Å²) in [5.74, 6) is 1.41. The van der Waals surface area contributed by atoms with Crippen LogP contribution in [-0.2, 0) is 17.6 Å². The van der Waals surface area contributed by atoms with E-state index in [0.717, 1.165) is 32.1 Å². The lowest BCUT2D eigenvalue weighted by molar-refractivity contribution is -0.124. The summed E-state index contributed by atoms with van der Waals surface area (Å²) >= 11 is 0. The number of benzene rings is 1. The lowest BCUT2D eigenvalue weighted by Crippen LogP contribution is -2.24. The third-order valence-electron chi connectivity index (χ3n) is 4.84. The predicted molar refractivity (Wildman–Crippen MR) is 84.9 cm³/mol. The van der Waals surface area contributed by atoms with Gasteiger partial charge in [0.05, 0.1) is 0 Å². The SMILES string of the molecule is CCCCC(CC)CC(=O)C1CCc2ccccc2C1. The molecule has 110 valence electrons. The highest BCUT2D eigenvalue weighted by Crippen LogP contribution is 2.28. The molecule has 0 saturated carbocycles. The van der Waals surface area contributed by atoms with Crippen LogP contribution < -0.4 is 0 Å². The molecule has 0 amide bonds. The van der Waals surface area contributed by atoms with Gasteiger partial charge in [-0.2, -0.15) is 0 Å². The van der Waals surface area contributed by atoms with Crippen LogP contribution in [0.1, 0.15) is 63.5 Å². The second-order valence-electron chi connectivity index (χ2n) is 6.30. The van der Waals surface area contributed by atoms with E-state index in [4.69, 9.17) is 0 Å². The van der Waals surface area contributed by atoms with Crippen LogP contribution in [0.25, 0.3) is 0 Å². The molecule has 0 bridgehead atoms. The molecule has 1 aliphatic carbocycles. The van der Waals surface area contributed by atoms with Gasteiger partial charge >= 0.3 is 0 Å². The Morgan fingerprint density at radius 1 is 1.25 bits per heavy atom. The van der Waals surface area contributed by atoms with Gasteiger partial charge < -0.3 is 0 Å². The number of carbonyl (C=O) groups is 1. The maximum atomic E-state index is 12.5. The first kappa shape index (κ1) is 15.3. The van der Waals surface area contributed by atoms with Crippen LogP contribution in [0.4, 0.5) is 0 Å². The number of Topliss-reactive ketones (excluding diaryl/α,β-unsaturated/α-hetero) is 1. The van der Waals surface area contributed by atoms with Crippen LogP contribution in [-0.4, -0.2) is 5.78 Å². The van der Waals surface area contributed by atoms with E-state index in [1.165, 1.54) is 30.4 Å². The largest absolute Gasteiger partial charge is 0.299 e. The lowest BCUT2D eigenvalue weighted by Gasteiger charge is -2.25. The third-order valence-corrected chi connectivity index (χ3v) is 4.84. The molecule has 1 aliphatic rings. The zero-order valence-corrected chi connectivity index (χ0v) is 13.0. The van der Waals surface area contributed by atoms with Crippen LogP contribution in [0.5, 0.6) is 0 Å². The zero-order valence-electron chi connectivity index (χ0n) is 13.0. The maximum Gasteiger partial charge on any atom is 0.136 e. The minimum absolute atomic E-state index is 0.278. The van der Waals surface area contributed by atoms with Crippen molar-refractivity contribution in [2.24, 2.45) is 11.8 Å². The Morgan fingerprint density at radius 3 is 2.70 bits per heavy atom. The van der Waals surface area contributed by atoms with E-state index in [1.54, 1.807) is 0 Å². The minimum atomic E-state index is 0.278. The Hall–Kier alpha value is -1.11. The Bertz CT molecular complexity index is 435. The Morgan fingerprint density at radius 2 is 2.00 bits per heavy atom. The highest BCUT2D eigenvalue weighted by atomic mass is 16.1. The van der Waals surface area contributed by atoms with Crippen molar-refractivity contribution in [2.45, 2.75) is 65.2 Å². The highest BCUT2D eigenvalue weighted by molar-refractivity contribution is 5.81. The number of aryl methyl sites for hydroxylation is 1. The summed E-state index contributed by atoms with van der Waals surface area (Å²) in [5, 5.41) is 0. The number of rotatable bonds is 7. The summed E-state index contributed by atoms with van der Waals surface area (Å²) in [7, 11) is 0. The Balaban J connectivity index is 1.90. The first-order chi connectivity index (χ1) is 9.74. The molecule has 2 rings (SSSR count). The minimum Gasteiger partial charge on any atom is -0.299 e. The number of carbonyl (C=O) groups excluding carboxylic acids is 1. The molecule has 0 radical (unpaired) electrons. The van der Waals surface area contributed by atoms with Crippen molar-refractivity contribution in [3.05, 3.63) is 35.4 Å². The summed E-state index contributed by atoms with van der Waals surface area (Å²) in [6.45, 7) is 4.45. The van der Waals surface area contributed by atoms with Gasteiger partial charge in [0.1, 0.15) is 5.78 Å². The number of hydrogen-bond donors (Lipinski definition) is 0. The van der Waals surface area contributed by atoms with Crippen LogP contribution in [0, 0.1) is 11.8 Å². The van der Waals surface area contributed by atoms with E-state index in [1.807, 2.05) is 0 Å². The van der Waals surface area contributed by atoms with Gasteiger partial charge in [0.2, 0.25) is 0 Å². The quantitative estimate of drug-likeness (QED) is 0.685. The monoisotopic (exact) mass is 272 g/mol. The molecule has 1 aromatic rings. The van der Waals surface area contributed by atoms with Crippen molar-refractivity contribution in [2.75, 3.05) is 0 Å². The van der Waals surface area contributed by atoms with Crippen molar-refractivity contribution in [1.82, 2.24) is 0 Å². The molecule has 1 aromatic carbocycles. The normalized spacial score (nSPS) is 19.4. The average molecular weight is 272 g/mol. The second kappa shape index (κ2) is 7.61. The van der Waals surface area contributed by atoms with Crippen LogP contribution in [0.3, 0.4) is 0 Å². The summed E-state index contributed by atoms with van der Waals surface area (Å²) < 4.78 is 0. The van der Waals surface area contributed by atoms with Crippen molar-refractivity contribution in [1.29, 1.82) is 0 Å². The van der Waals surface area contributed by atoms with Crippen molar-refractivity contribution in [3.63, 3.8) is 0 Å². The number of unbranched alkanes of at least 4 members (excludes halogenated alkanes) is 1. The summed E-state index contributed by atoms with van der Waals surface area (Å²) in [4.78, 5) is 12.5. The maximum absolute atomic E-state index is 12.5. The van der Waals surface area contributed by atoms with E-state index in [9.17, 15) is 4.79 Å². The van der Waals surface area contributed by atoms with Gasteiger partial charge in [-0.05, 0) is 36.3 Å². The van der Waals surface area contributed by atoms with Crippen molar-refractivity contribution < 1.29 is 4.79 Å². The molecule has 1 nitrogen and oxygen atoms in total. The van der Waals surface area contributed by atoms with Crippen LogP contribution >= 0.6 is 0 Å². The van der Waals surface area contributed by atoms with E-state index >= 15 is 0 Å². The summed E-state index contributed by atoms with van der Waals surface area (Å²) in [5.41, 5.74) is 2.85. The van der Waals surface area contributed by atoms with Gasteiger partial charge in [-0.3, -0.25) is 4.79 Å². The molecule has 2 atom stereocenters. The van der Waals surface area contributed by atoms with E-state index in [2.05, 4.69) is 38.1 Å².